The second kappa shape index (κ2) is 7.17. The first kappa shape index (κ1) is 18.5. The summed E-state index contributed by atoms with van der Waals surface area (Å²) in [4.78, 5) is 13.1. The van der Waals surface area contributed by atoms with Crippen LogP contribution in [0.25, 0.3) is 0 Å². The van der Waals surface area contributed by atoms with Crippen molar-refractivity contribution in [3.63, 3.8) is 0 Å². The van der Waals surface area contributed by atoms with Gasteiger partial charge in [0.05, 0.1) is 13.0 Å². The largest absolute Gasteiger partial charge is 0.394 e. The maximum absolute atomic E-state index is 12.2. The molecule has 10 heteroatoms. The lowest BCUT2D eigenvalue weighted by Gasteiger charge is -2.45. The van der Waals surface area contributed by atoms with Crippen LogP contribution in [0.3, 0.4) is 0 Å². The molecule has 1 aliphatic rings. The molecule has 1 saturated heterocycles. The number of rotatable bonds is 5. The number of hydrogen-bond donors (Lipinski definition) is 4. The van der Waals surface area contributed by atoms with E-state index in [-0.39, 0.29) is 18.0 Å². The molecule has 10 nitrogen and oxygen atoms in total. The van der Waals surface area contributed by atoms with Crippen LogP contribution >= 0.6 is 0 Å². The first-order valence-electron chi connectivity index (χ1n) is 8.06. The number of carbonyl (C=O) groups is 1. The van der Waals surface area contributed by atoms with Crippen LogP contribution in [0.15, 0.2) is 30.3 Å². The molecular weight excluding hydrogens is 344 g/mol. The zero-order valence-electron chi connectivity index (χ0n) is 14.0. The highest BCUT2D eigenvalue weighted by Crippen LogP contribution is 2.35. The highest BCUT2D eigenvalue weighted by atomic mass is 16.6. The lowest BCUT2D eigenvalue weighted by Crippen LogP contribution is -2.63. The van der Waals surface area contributed by atoms with E-state index < -0.39 is 36.7 Å². The third-order valence-corrected chi connectivity index (χ3v) is 4.38. The van der Waals surface area contributed by atoms with Crippen molar-refractivity contribution in [2.24, 2.45) is 0 Å². The van der Waals surface area contributed by atoms with Gasteiger partial charge in [0.1, 0.15) is 23.9 Å². The Labute approximate surface area is 148 Å². The van der Waals surface area contributed by atoms with E-state index in [2.05, 4.69) is 15.4 Å². The Bertz CT molecular complexity index is 765. The summed E-state index contributed by atoms with van der Waals surface area (Å²) in [5, 5.41) is 51.4. The average Bonchev–Trinajstić information content (AvgIpc) is 3.09. The normalized spacial score (nSPS) is 31.7. The van der Waals surface area contributed by atoms with Gasteiger partial charge in [0.15, 0.2) is 11.6 Å². The predicted octanol–water partition coefficient (Wildman–Crippen LogP) is -1.54. The number of carbonyl (C=O) groups excluding carboxylic acids is 1. The average molecular weight is 364 g/mol. The number of ketones is 1. The van der Waals surface area contributed by atoms with E-state index in [0.717, 1.165) is 4.80 Å². The molecule has 0 radical (unpaired) electrons. The first-order valence-corrected chi connectivity index (χ1v) is 8.06. The summed E-state index contributed by atoms with van der Waals surface area (Å²) in [7, 11) is 0. The van der Waals surface area contributed by atoms with E-state index in [9.17, 15) is 25.2 Å². The summed E-state index contributed by atoms with van der Waals surface area (Å²) in [5.74, 6) is -0.0930. The van der Waals surface area contributed by atoms with Gasteiger partial charge in [-0.15, -0.1) is 15.0 Å². The van der Waals surface area contributed by atoms with Crippen molar-refractivity contribution in [1.82, 2.24) is 20.2 Å². The van der Waals surface area contributed by atoms with Crippen LogP contribution in [-0.2, 0) is 11.2 Å². The molecule has 26 heavy (non-hydrogen) atoms. The number of ether oxygens (including phenoxy) is 1. The number of aliphatic hydroxyl groups is 4. The van der Waals surface area contributed by atoms with Gasteiger partial charge in [-0.1, -0.05) is 30.3 Å². The molecule has 140 valence electrons. The summed E-state index contributed by atoms with van der Waals surface area (Å²) in [5.41, 5.74) is -1.43. The smallest absolute Gasteiger partial charge is 0.202 e. The fourth-order valence-corrected chi connectivity index (χ4v) is 2.81. The van der Waals surface area contributed by atoms with Crippen molar-refractivity contribution < 1.29 is 30.0 Å². The number of hydrogen-bond acceptors (Lipinski definition) is 9. The van der Waals surface area contributed by atoms with Crippen molar-refractivity contribution in [2.75, 3.05) is 6.61 Å². The summed E-state index contributed by atoms with van der Waals surface area (Å²) >= 11 is 0. The quantitative estimate of drug-likeness (QED) is 0.463. The third-order valence-electron chi connectivity index (χ3n) is 4.38. The van der Waals surface area contributed by atoms with Crippen LogP contribution in [-0.4, -0.2) is 76.9 Å². The van der Waals surface area contributed by atoms with Gasteiger partial charge in [0, 0.05) is 5.56 Å². The van der Waals surface area contributed by atoms with E-state index in [4.69, 9.17) is 4.74 Å². The molecule has 1 aliphatic heterocycles. The number of aliphatic hydroxyl groups excluding tert-OH is 3. The SMILES string of the molecule is CC1(O)C(O)C(O)C(CO)OC1n1nnc(CC(=O)c2ccccc2)n1. The zero-order valence-corrected chi connectivity index (χ0v) is 14.0. The molecule has 1 aromatic heterocycles. The zero-order chi connectivity index (χ0) is 18.9. The van der Waals surface area contributed by atoms with Crippen LogP contribution in [0.5, 0.6) is 0 Å². The Morgan fingerprint density at radius 1 is 1.31 bits per heavy atom. The number of nitrogens with zero attached hydrogens (tertiary/aromatic N) is 4. The summed E-state index contributed by atoms with van der Waals surface area (Å²) in [6, 6.07) is 8.63. The molecule has 4 N–H and O–H groups in total. The van der Waals surface area contributed by atoms with Gasteiger partial charge in [-0.3, -0.25) is 4.79 Å². The minimum absolute atomic E-state index is 0.104. The molecule has 5 atom stereocenters. The van der Waals surface area contributed by atoms with Crippen LogP contribution in [0.4, 0.5) is 0 Å². The highest BCUT2D eigenvalue weighted by Gasteiger charge is 2.53. The van der Waals surface area contributed by atoms with E-state index in [1.807, 2.05) is 0 Å². The van der Waals surface area contributed by atoms with Crippen LogP contribution < -0.4 is 0 Å². The molecular formula is C16H20N4O6. The molecule has 3 rings (SSSR count). The topological polar surface area (TPSA) is 151 Å². The van der Waals surface area contributed by atoms with Crippen molar-refractivity contribution in [3.8, 4) is 0 Å². The third kappa shape index (κ3) is 3.37. The maximum atomic E-state index is 12.2. The van der Waals surface area contributed by atoms with Crippen molar-refractivity contribution in [2.45, 2.75) is 43.5 Å². The lowest BCUT2D eigenvalue weighted by molar-refractivity contribution is -0.296. The van der Waals surface area contributed by atoms with E-state index in [1.165, 1.54) is 6.92 Å². The van der Waals surface area contributed by atoms with E-state index in [0.29, 0.717) is 5.56 Å². The second-order valence-electron chi connectivity index (χ2n) is 6.36. The summed E-state index contributed by atoms with van der Waals surface area (Å²) < 4.78 is 5.43. The summed E-state index contributed by atoms with van der Waals surface area (Å²) in [6.45, 7) is 0.677. The standard InChI is InChI=1S/C16H20N4O6/c1-16(25)14(24)13(23)11(8-21)26-15(16)20-18-12(17-19-20)7-10(22)9-5-3-2-4-6-9/h2-6,11,13-15,21,23-25H,7-8H2,1H3. The van der Waals surface area contributed by atoms with Crippen LogP contribution in [0, 0.1) is 0 Å². The molecule has 0 aliphatic carbocycles. The fraction of sp³-hybridized carbons (Fsp3) is 0.500. The maximum Gasteiger partial charge on any atom is 0.202 e. The molecule has 0 spiro atoms. The number of benzene rings is 1. The van der Waals surface area contributed by atoms with Crippen LogP contribution in [0.2, 0.25) is 0 Å². The van der Waals surface area contributed by atoms with Crippen molar-refractivity contribution in [3.05, 3.63) is 41.7 Å². The van der Waals surface area contributed by atoms with Gasteiger partial charge in [-0.05, 0) is 12.1 Å². The molecule has 1 fully saturated rings. The van der Waals surface area contributed by atoms with Gasteiger partial charge in [0.25, 0.3) is 0 Å². The molecule has 0 amide bonds. The number of Topliss-reactive ketones (excluding diaryl/α,β-unsaturated/α-hetero) is 1. The van der Waals surface area contributed by atoms with E-state index >= 15 is 0 Å². The molecule has 0 bridgehead atoms. The Hall–Kier alpha value is -2.24. The molecule has 2 heterocycles. The lowest BCUT2D eigenvalue weighted by atomic mass is 9.87. The highest BCUT2D eigenvalue weighted by molar-refractivity contribution is 5.96. The van der Waals surface area contributed by atoms with E-state index in [1.54, 1.807) is 30.3 Å². The minimum atomic E-state index is -1.94. The van der Waals surface area contributed by atoms with Gasteiger partial charge in [0.2, 0.25) is 6.23 Å². The van der Waals surface area contributed by atoms with Gasteiger partial charge in [-0.25, -0.2) is 0 Å². The van der Waals surface area contributed by atoms with Crippen LogP contribution in [0.1, 0.15) is 29.3 Å². The molecule has 0 saturated carbocycles. The Morgan fingerprint density at radius 3 is 2.65 bits per heavy atom. The Balaban J connectivity index is 1.79. The second-order valence-corrected chi connectivity index (χ2v) is 6.36. The van der Waals surface area contributed by atoms with Crippen molar-refractivity contribution in [1.29, 1.82) is 0 Å². The fourth-order valence-electron chi connectivity index (χ4n) is 2.81. The van der Waals surface area contributed by atoms with Gasteiger partial charge >= 0.3 is 0 Å². The molecule has 5 unspecified atom stereocenters. The Kier molecular flexibility index (Phi) is 5.12. The van der Waals surface area contributed by atoms with Gasteiger partial charge < -0.3 is 25.2 Å². The van der Waals surface area contributed by atoms with Crippen molar-refractivity contribution >= 4 is 5.78 Å². The van der Waals surface area contributed by atoms with Gasteiger partial charge in [-0.2, -0.15) is 0 Å². The summed E-state index contributed by atoms with van der Waals surface area (Å²) in [6.07, 6.45) is -5.61. The monoisotopic (exact) mass is 364 g/mol. The predicted molar refractivity (Wildman–Crippen MR) is 85.9 cm³/mol. The number of aromatic nitrogens is 4. The molecule has 1 aromatic carbocycles. The Morgan fingerprint density at radius 2 is 2.00 bits per heavy atom. The first-order chi connectivity index (χ1) is 12.3. The number of tetrazole rings is 1. The molecule has 2 aromatic rings. The minimum Gasteiger partial charge on any atom is -0.394 e.